The number of furan rings is 1. The van der Waals surface area contributed by atoms with E-state index in [2.05, 4.69) is 57.4 Å². The fourth-order valence-electron chi connectivity index (χ4n) is 3.10. The van der Waals surface area contributed by atoms with Gasteiger partial charge in [-0.25, -0.2) is 0 Å². The first-order valence-electron chi connectivity index (χ1n) is 11.9. The Hall–Kier alpha value is -0.840. The Bertz CT molecular complexity index is 1160. The molecule has 0 aliphatic carbocycles. The van der Waals surface area contributed by atoms with Crippen LogP contribution in [0.3, 0.4) is 0 Å². The molecule has 7 heteroatoms. The van der Waals surface area contributed by atoms with E-state index in [-0.39, 0.29) is 31.3 Å². The number of hydrogen-bond acceptors (Lipinski definition) is 4. The number of rotatable bonds is 10. The maximum absolute atomic E-state index is 13.6. The van der Waals surface area contributed by atoms with Gasteiger partial charge < -0.3 is 14.5 Å². The number of benzene rings is 2. The molecule has 1 heterocycles. The molecule has 0 aliphatic heterocycles. The molecule has 0 fully saturated rings. The van der Waals surface area contributed by atoms with E-state index in [0.29, 0.717) is 34.6 Å². The van der Waals surface area contributed by atoms with Crippen molar-refractivity contribution in [1.29, 1.82) is 0 Å². The van der Waals surface area contributed by atoms with Crippen LogP contribution in [0.4, 0.5) is 0 Å². The number of hydrogen-bond donors (Lipinski definition) is 1. The summed E-state index contributed by atoms with van der Waals surface area (Å²) in [5.74, 6) is 1.16. The highest BCUT2D eigenvalue weighted by Gasteiger charge is 2.23. The van der Waals surface area contributed by atoms with Crippen molar-refractivity contribution in [2.24, 2.45) is 0 Å². The minimum absolute atomic E-state index is 0. The average molecular weight is 659 g/mol. The topological polar surface area (TPSA) is 51.5 Å². The van der Waals surface area contributed by atoms with Crippen LogP contribution in [-0.4, -0.2) is 25.4 Å². The number of ether oxygens (including phenoxy) is 1. The predicted octanol–water partition coefficient (Wildman–Crippen LogP) is 6.63. The highest BCUT2D eigenvalue weighted by molar-refractivity contribution is 14.1. The van der Waals surface area contributed by atoms with E-state index in [1.165, 1.54) is 0 Å². The van der Waals surface area contributed by atoms with Gasteiger partial charge in [0.2, 0.25) is 0 Å². The Morgan fingerprint density at radius 1 is 1.27 bits per heavy atom. The van der Waals surface area contributed by atoms with Crippen molar-refractivity contribution in [2.75, 3.05) is 19.6 Å². The minimum Gasteiger partial charge on any atom is -0.490 e. The van der Waals surface area contributed by atoms with Crippen LogP contribution < -0.4 is 10.1 Å². The van der Waals surface area contributed by atoms with Gasteiger partial charge in [-0.3, -0.25) is 4.79 Å². The zero-order chi connectivity index (χ0) is 25.1. The molecule has 1 aromatic heterocycles. The number of unbranched alkanes of at least 4 members (excludes halogenated alkanes) is 1. The van der Waals surface area contributed by atoms with Gasteiger partial charge in [-0.1, -0.05) is 38.4 Å². The van der Waals surface area contributed by atoms with E-state index in [4.69, 9.17) is 16.0 Å². The number of carbonyl (C=O) groups is 1. The molecule has 2 aromatic carbocycles. The molecule has 0 amide bonds. The zero-order valence-corrected chi connectivity index (χ0v) is 21.5. The number of nitrogens with one attached hydrogen (secondary N) is 1. The van der Waals surface area contributed by atoms with Crippen LogP contribution in [0.2, 0.25) is 0 Å². The molecular weight excluding hydrogens is 628 g/mol. The van der Waals surface area contributed by atoms with Crippen molar-refractivity contribution in [1.82, 2.24) is 5.32 Å². The van der Waals surface area contributed by atoms with Crippen molar-refractivity contribution in [3.05, 3.63) is 60.4 Å². The Labute approximate surface area is 218 Å². The summed E-state index contributed by atoms with van der Waals surface area (Å²) in [4.78, 5) is 13.6. The molecule has 0 atom stereocenters. The summed E-state index contributed by atoms with van der Waals surface area (Å²) in [5, 5.41) is 3.18. The lowest BCUT2D eigenvalue weighted by atomic mass is 9.98. The normalized spacial score (nSPS) is 14.2. The lowest BCUT2D eigenvalue weighted by Crippen LogP contribution is -2.20. The predicted molar refractivity (Wildman–Crippen MR) is 141 cm³/mol. The third kappa shape index (κ3) is 5.89. The Morgan fingerprint density at radius 2 is 2.00 bits per heavy atom. The van der Waals surface area contributed by atoms with E-state index >= 15 is 0 Å². The maximum atomic E-state index is 13.6. The monoisotopic (exact) mass is 658 g/mol. The quantitative estimate of drug-likeness (QED) is 0.151. The first kappa shape index (κ1) is 18.7. The van der Waals surface area contributed by atoms with E-state index < -0.39 is 13.3 Å². The number of carbonyl (C=O) groups excluding carboxylic acids is 1. The number of fused-ring (bicyclic) bond motifs is 1. The van der Waals surface area contributed by atoms with Crippen molar-refractivity contribution >= 4 is 74.3 Å². The van der Waals surface area contributed by atoms with Gasteiger partial charge in [-0.2, -0.15) is 0 Å². The molecule has 0 saturated carbocycles. The third-order valence-electron chi connectivity index (χ3n) is 4.48. The second-order valence-electron chi connectivity index (χ2n) is 6.50. The zero-order valence-electron chi connectivity index (χ0n) is 21.4. The summed E-state index contributed by atoms with van der Waals surface area (Å²) in [7, 11) is 0. The number of aryl methyl sites for hydroxylation is 1. The number of halogens is 3. The van der Waals surface area contributed by atoms with Gasteiger partial charge in [-0.05, 0) is 76.3 Å². The molecule has 1 N–H and O–H groups in total. The summed E-state index contributed by atoms with van der Waals surface area (Å²) in [5.41, 5.74) is 1.83. The van der Waals surface area contributed by atoms with Crippen LogP contribution in [0, 0.1) is 7.14 Å². The number of ketones is 1. The first-order chi connectivity index (χ1) is 16.0. The second kappa shape index (κ2) is 12.3. The molecule has 0 saturated heterocycles. The first-order valence-corrected chi connectivity index (χ1v) is 11.5. The molecule has 4 nitrogen and oxygen atoms in total. The maximum Gasteiger partial charge on any atom is 0.197 e. The lowest BCUT2D eigenvalue weighted by molar-refractivity contribution is 0.103. The Balaban J connectivity index is 0.00000432. The minimum atomic E-state index is -2.77. The van der Waals surface area contributed by atoms with Crippen LogP contribution in [0.1, 0.15) is 55.2 Å². The molecule has 3 aromatic rings. The molecule has 30 heavy (non-hydrogen) atoms. The van der Waals surface area contributed by atoms with Gasteiger partial charge in [0.25, 0.3) is 0 Å². The summed E-state index contributed by atoms with van der Waals surface area (Å²) in [6, 6.07) is 11.1. The summed E-state index contributed by atoms with van der Waals surface area (Å²) >= 11 is 4.21. The number of likely N-dealkylation sites (N-methyl/N-ethyl adjacent to an activating group) is 1. The second-order valence-corrected chi connectivity index (χ2v) is 8.82. The average Bonchev–Trinajstić information content (AvgIpc) is 3.13. The molecule has 0 aliphatic rings. The largest absolute Gasteiger partial charge is 0.490 e. The van der Waals surface area contributed by atoms with Gasteiger partial charge in [0.15, 0.2) is 5.78 Å². The Morgan fingerprint density at radius 3 is 2.70 bits per heavy atom. The molecule has 0 spiro atoms. The van der Waals surface area contributed by atoms with Crippen molar-refractivity contribution in [3.63, 3.8) is 0 Å². The molecule has 0 radical (unpaired) electrons. The van der Waals surface area contributed by atoms with Crippen molar-refractivity contribution < 1.29 is 20.8 Å². The summed E-state index contributed by atoms with van der Waals surface area (Å²) in [6.07, 6.45) is 2.61. The number of para-hydroxylation sites is 1. The van der Waals surface area contributed by atoms with E-state index in [9.17, 15) is 4.79 Å². The molecule has 0 unspecified atom stereocenters. The van der Waals surface area contributed by atoms with Gasteiger partial charge in [0.1, 0.15) is 23.7 Å². The SMILES string of the molecule is Cl.[2H]C([2H])([2H])C([2H])([2H])NCCOc1c(I)cc(C(=O)c2c(CCCC)oc3ccccc23)cc1I. The molecule has 0 bridgehead atoms. The van der Waals surface area contributed by atoms with Gasteiger partial charge in [0, 0.05) is 30.8 Å². The highest BCUT2D eigenvalue weighted by atomic mass is 127. The van der Waals surface area contributed by atoms with E-state index in [1.807, 2.05) is 24.3 Å². The van der Waals surface area contributed by atoms with Crippen LogP contribution >= 0.6 is 57.6 Å². The van der Waals surface area contributed by atoms with Crippen LogP contribution in [0.15, 0.2) is 40.8 Å². The molecule has 3 rings (SSSR count). The molecule has 162 valence electrons. The van der Waals surface area contributed by atoms with Gasteiger partial charge in [0.05, 0.1) is 12.7 Å². The van der Waals surface area contributed by atoms with Crippen molar-refractivity contribution in [3.8, 4) is 5.75 Å². The van der Waals surface area contributed by atoms with Crippen LogP contribution in [0.25, 0.3) is 11.0 Å². The summed E-state index contributed by atoms with van der Waals surface area (Å²) in [6.45, 7) is -3.09. The van der Waals surface area contributed by atoms with E-state index in [1.54, 1.807) is 12.1 Å². The fourth-order valence-corrected chi connectivity index (χ4v) is 5.18. The Kier molecular flexibility index (Phi) is 7.64. The van der Waals surface area contributed by atoms with E-state index in [0.717, 1.165) is 25.4 Å². The molecular formula is C23H26ClI2NO3. The van der Waals surface area contributed by atoms with Gasteiger partial charge >= 0.3 is 0 Å². The van der Waals surface area contributed by atoms with Crippen LogP contribution in [-0.2, 0) is 6.42 Å². The lowest BCUT2D eigenvalue weighted by Gasteiger charge is -2.12. The highest BCUT2D eigenvalue weighted by Crippen LogP contribution is 2.33. The summed E-state index contributed by atoms with van der Waals surface area (Å²) < 4.78 is 50.2. The van der Waals surface area contributed by atoms with Crippen LogP contribution in [0.5, 0.6) is 5.75 Å². The standard InChI is InChI=1S/C23H25I2NO3.ClH/c1-3-5-9-20-21(16-8-6-7-10-19(16)29-20)22(27)15-13-17(24)23(18(25)14-15)28-12-11-26-4-2;/h6-8,10,13-14,26H,3-5,9,11-12H2,1-2H3;1H/i2D3,4D2;. The van der Waals surface area contributed by atoms with Gasteiger partial charge in [-0.15, -0.1) is 12.4 Å². The van der Waals surface area contributed by atoms with Crippen molar-refractivity contribution in [2.45, 2.75) is 33.0 Å². The smallest absolute Gasteiger partial charge is 0.197 e. The third-order valence-corrected chi connectivity index (χ3v) is 6.08. The fraction of sp³-hybridized carbons (Fsp3) is 0.348.